The zero-order valence-electron chi connectivity index (χ0n) is 14.7. The van der Waals surface area contributed by atoms with Crippen LogP contribution >= 0.6 is 0 Å². The fourth-order valence-corrected chi connectivity index (χ4v) is 2.81. The van der Waals surface area contributed by atoms with E-state index in [4.69, 9.17) is 0 Å². The van der Waals surface area contributed by atoms with Gasteiger partial charge in [0.05, 0.1) is 6.26 Å². The van der Waals surface area contributed by atoms with E-state index in [0.717, 1.165) is 12.3 Å². The van der Waals surface area contributed by atoms with E-state index in [0.29, 0.717) is 11.3 Å². The van der Waals surface area contributed by atoms with Crippen molar-refractivity contribution in [3.63, 3.8) is 0 Å². The molecule has 0 aliphatic heterocycles. The number of benzene rings is 2. The molecular formula is C17H18F3N3O4S. The molecule has 2 rings (SSSR count). The third-order valence-corrected chi connectivity index (χ3v) is 3.93. The number of rotatable bonds is 7. The molecule has 11 heteroatoms. The Bertz CT molecular complexity index is 933. The quantitative estimate of drug-likeness (QED) is 0.645. The minimum Gasteiger partial charge on any atom is -0.405 e. The van der Waals surface area contributed by atoms with Gasteiger partial charge in [0.2, 0.25) is 10.0 Å². The number of carbonyl (C=O) groups is 1. The van der Waals surface area contributed by atoms with Gasteiger partial charge in [-0.05, 0) is 23.8 Å². The first-order valence-electron chi connectivity index (χ1n) is 7.94. The molecule has 3 N–H and O–H groups in total. The largest absolute Gasteiger partial charge is 0.573 e. The number of alkyl halides is 3. The van der Waals surface area contributed by atoms with Crippen LogP contribution in [0.5, 0.6) is 5.75 Å². The summed E-state index contributed by atoms with van der Waals surface area (Å²) in [4.78, 5) is 11.9. The van der Waals surface area contributed by atoms with Crippen LogP contribution in [0.15, 0.2) is 48.5 Å². The Morgan fingerprint density at radius 2 is 1.71 bits per heavy atom. The summed E-state index contributed by atoms with van der Waals surface area (Å²) in [5.74, 6) is -0.394. The Kier molecular flexibility index (Phi) is 6.73. The van der Waals surface area contributed by atoms with Crippen molar-refractivity contribution in [1.29, 1.82) is 0 Å². The van der Waals surface area contributed by atoms with Crippen molar-refractivity contribution in [2.75, 3.05) is 11.0 Å². The maximum Gasteiger partial charge on any atom is 0.573 e. The summed E-state index contributed by atoms with van der Waals surface area (Å²) in [5.41, 5.74) is 1.14. The summed E-state index contributed by atoms with van der Waals surface area (Å²) in [6, 6.07) is 11.3. The SMILES string of the molecule is CS(=O)(=O)Nc1cccc(CNC(=O)NCc2ccccc2OC(F)(F)F)c1. The van der Waals surface area contributed by atoms with E-state index >= 15 is 0 Å². The lowest BCUT2D eigenvalue weighted by atomic mass is 10.2. The monoisotopic (exact) mass is 417 g/mol. The van der Waals surface area contributed by atoms with Gasteiger partial charge in [-0.25, -0.2) is 13.2 Å². The fraction of sp³-hybridized carbons (Fsp3) is 0.235. The van der Waals surface area contributed by atoms with Crippen LogP contribution in [-0.4, -0.2) is 27.1 Å². The van der Waals surface area contributed by atoms with Gasteiger partial charge < -0.3 is 15.4 Å². The zero-order chi connectivity index (χ0) is 20.8. The molecule has 0 atom stereocenters. The molecule has 0 saturated carbocycles. The van der Waals surface area contributed by atoms with Crippen LogP contribution < -0.4 is 20.1 Å². The normalized spacial score (nSPS) is 11.6. The van der Waals surface area contributed by atoms with Crippen LogP contribution in [0.4, 0.5) is 23.7 Å². The summed E-state index contributed by atoms with van der Waals surface area (Å²) in [6.45, 7) is -0.0838. The number of amides is 2. The predicted molar refractivity (Wildman–Crippen MR) is 97.1 cm³/mol. The van der Waals surface area contributed by atoms with Gasteiger partial charge in [-0.3, -0.25) is 4.72 Å². The maximum absolute atomic E-state index is 12.4. The van der Waals surface area contributed by atoms with Crippen LogP contribution in [0.1, 0.15) is 11.1 Å². The topological polar surface area (TPSA) is 96.5 Å². The highest BCUT2D eigenvalue weighted by molar-refractivity contribution is 7.92. The second-order valence-corrected chi connectivity index (χ2v) is 7.51. The lowest BCUT2D eigenvalue weighted by Gasteiger charge is -2.14. The van der Waals surface area contributed by atoms with E-state index < -0.39 is 28.2 Å². The molecule has 0 saturated heterocycles. The second-order valence-electron chi connectivity index (χ2n) is 5.77. The summed E-state index contributed by atoms with van der Waals surface area (Å²) in [6.07, 6.45) is -3.81. The van der Waals surface area contributed by atoms with Gasteiger partial charge in [0, 0.05) is 24.3 Å². The first-order valence-corrected chi connectivity index (χ1v) is 9.83. The van der Waals surface area contributed by atoms with Crippen molar-refractivity contribution in [1.82, 2.24) is 10.6 Å². The van der Waals surface area contributed by atoms with Crippen molar-refractivity contribution in [2.45, 2.75) is 19.5 Å². The van der Waals surface area contributed by atoms with Gasteiger partial charge in [0.25, 0.3) is 0 Å². The fourth-order valence-electron chi connectivity index (χ4n) is 2.25. The van der Waals surface area contributed by atoms with Gasteiger partial charge in [0.15, 0.2) is 0 Å². The molecular weight excluding hydrogens is 399 g/mol. The van der Waals surface area contributed by atoms with Crippen molar-refractivity contribution in [3.05, 3.63) is 59.7 Å². The Morgan fingerprint density at radius 3 is 2.39 bits per heavy atom. The van der Waals surface area contributed by atoms with Crippen LogP contribution in [0.25, 0.3) is 0 Å². The van der Waals surface area contributed by atoms with Crippen molar-refractivity contribution >= 4 is 21.7 Å². The van der Waals surface area contributed by atoms with Gasteiger partial charge in [-0.1, -0.05) is 30.3 Å². The molecule has 0 unspecified atom stereocenters. The van der Waals surface area contributed by atoms with Crippen LogP contribution in [-0.2, 0) is 23.1 Å². The number of ether oxygens (including phenoxy) is 1. The van der Waals surface area contributed by atoms with Crippen molar-refractivity contribution < 1.29 is 31.1 Å². The smallest absolute Gasteiger partial charge is 0.405 e. The van der Waals surface area contributed by atoms with E-state index in [2.05, 4.69) is 20.1 Å². The van der Waals surface area contributed by atoms with Gasteiger partial charge in [0.1, 0.15) is 5.75 Å². The predicted octanol–water partition coefficient (Wildman–Crippen LogP) is 2.96. The summed E-state index contributed by atoms with van der Waals surface area (Å²) in [7, 11) is -3.42. The van der Waals surface area contributed by atoms with E-state index in [-0.39, 0.29) is 18.7 Å². The number of para-hydroxylation sites is 1. The average Bonchev–Trinajstić information content (AvgIpc) is 2.57. The molecule has 28 heavy (non-hydrogen) atoms. The number of anilines is 1. The summed E-state index contributed by atoms with van der Waals surface area (Å²) < 4.78 is 65.9. The molecule has 0 fully saturated rings. The Labute approximate surface area is 159 Å². The molecule has 0 aromatic heterocycles. The molecule has 0 spiro atoms. The molecule has 0 aliphatic rings. The standard InChI is InChI=1S/C17H18F3N3O4S/c1-28(25,26)23-14-7-4-5-12(9-14)10-21-16(24)22-11-13-6-2-3-8-15(13)27-17(18,19)20/h2-9,23H,10-11H2,1H3,(H2,21,22,24). The highest BCUT2D eigenvalue weighted by atomic mass is 32.2. The number of hydrogen-bond acceptors (Lipinski definition) is 4. The van der Waals surface area contributed by atoms with E-state index in [1.54, 1.807) is 24.3 Å². The highest BCUT2D eigenvalue weighted by Gasteiger charge is 2.31. The third-order valence-electron chi connectivity index (χ3n) is 3.32. The van der Waals surface area contributed by atoms with Gasteiger partial charge in [-0.2, -0.15) is 0 Å². The molecule has 152 valence electrons. The summed E-state index contributed by atoms with van der Waals surface area (Å²) in [5, 5.41) is 4.98. The first-order chi connectivity index (χ1) is 13.0. The van der Waals surface area contributed by atoms with E-state index in [9.17, 15) is 26.4 Å². The Morgan fingerprint density at radius 1 is 1.04 bits per heavy atom. The Balaban J connectivity index is 1.90. The molecule has 2 aromatic rings. The Hall–Kier alpha value is -2.95. The van der Waals surface area contributed by atoms with Gasteiger partial charge in [-0.15, -0.1) is 13.2 Å². The molecule has 0 heterocycles. The number of halogens is 3. The molecule has 2 aromatic carbocycles. The summed E-state index contributed by atoms with van der Waals surface area (Å²) >= 11 is 0. The molecule has 2 amide bonds. The number of carbonyl (C=O) groups excluding carboxylic acids is 1. The number of hydrogen-bond donors (Lipinski definition) is 3. The van der Waals surface area contributed by atoms with Crippen molar-refractivity contribution in [3.8, 4) is 5.75 Å². The average molecular weight is 417 g/mol. The third kappa shape index (κ3) is 7.74. The van der Waals surface area contributed by atoms with E-state index in [1.807, 2.05) is 0 Å². The molecule has 0 aliphatic carbocycles. The van der Waals surface area contributed by atoms with Gasteiger partial charge >= 0.3 is 12.4 Å². The number of nitrogens with one attached hydrogen (secondary N) is 3. The lowest BCUT2D eigenvalue weighted by Crippen LogP contribution is -2.34. The van der Waals surface area contributed by atoms with Crippen LogP contribution in [0.3, 0.4) is 0 Å². The van der Waals surface area contributed by atoms with E-state index in [1.165, 1.54) is 18.2 Å². The molecule has 0 radical (unpaired) electrons. The minimum absolute atomic E-state index is 0.0891. The number of urea groups is 1. The lowest BCUT2D eigenvalue weighted by molar-refractivity contribution is -0.274. The van der Waals surface area contributed by atoms with Crippen LogP contribution in [0, 0.1) is 0 Å². The highest BCUT2D eigenvalue weighted by Crippen LogP contribution is 2.26. The zero-order valence-corrected chi connectivity index (χ0v) is 15.5. The van der Waals surface area contributed by atoms with Crippen molar-refractivity contribution in [2.24, 2.45) is 0 Å². The molecule has 7 nitrogen and oxygen atoms in total. The molecule has 0 bridgehead atoms. The number of sulfonamides is 1. The maximum atomic E-state index is 12.4. The first kappa shape index (κ1) is 21.4. The van der Waals surface area contributed by atoms with Crippen LogP contribution in [0.2, 0.25) is 0 Å². The second kappa shape index (κ2) is 8.83. The minimum atomic E-state index is -4.83.